The molecule has 0 aliphatic carbocycles. The number of nitrogens with zero attached hydrogens (tertiary/aromatic N) is 1. The molecule has 17 heavy (non-hydrogen) atoms. The van der Waals surface area contributed by atoms with Crippen molar-refractivity contribution in [2.24, 2.45) is 5.92 Å². The number of hydrogen-bond acceptors (Lipinski definition) is 3. The van der Waals surface area contributed by atoms with Crippen molar-refractivity contribution in [1.29, 1.82) is 0 Å². The first-order valence-electron chi connectivity index (χ1n) is 4.77. The zero-order valence-electron chi connectivity index (χ0n) is 8.94. The summed E-state index contributed by atoms with van der Waals surface area (Å²) in [5.41, 5.74) is -0.917. The molecule has 0 heterocycles. The molecule has 0 spiro atoms. The highest BCUT2D eigenvalue weighted by Crippen LogP contribution is 2.27. The second kappa shape index (κ2) is 5.58. The number of nitro benzene ring substituents is 1. The Morgan fingerprint density at radius 1 is 1.65 bits per heavy atom. The summed E-state index contributed by atoms with van der Waals surface area (Å²) in [6.45, 7) is 1.54. The standard InChI is InChI=1S/C10H10ClFN2O3/c1-6(5-11)10(15)13-9-7(12)3-2-4-8(9)14(16)17/h2-4,6H,5H2,1H3,(H,13,15). The van der Waals surface area contributed by atoms with Crippen molar-refractivity contribution >= 4 is 28.9 Å². The van der Waals surface area contributed by atoms with E-state index in [9.17, 15) is 19.3 Å². The number of benzene rings is 1. The van der Waals surface area contributed by atoms with Gasteiger partial charge in [-0.2, -0.15) is 0 Å². The summed E-state index contributed by atoms with van der Waals surface area (Å²) in [5, 5.41) is 12.8. The molecule has 92 valence electrons. The second-order valence-electron chi connectivity index (χ2n) is 3.44. The Morgan fingerprint density at radius 2 is 2.29 bits per heavy atom. The number of hydrogen-bond donors (Lipinski definition) is 1. The average Bonchev–Trinajstić information content (AvgIpc) is 2.30. The predicted molar refractivity (Wildman–Crippen MR) is 61.6 cm³/mol. The highest BCUT2D eigenvalue weighted by atomic mass is 35.5. The number of rotatable bonds is 4. The molecule has 0 fully saturated rings. The highest BCUT2D eigenvalue weighted by Gasteiger charge is 2.21. The summed E-state index contributed by atoms with van der Waals surface area (Å²) in [6.07, 6.45) is 0. The van der Waals surface area contributed by atoms with E-state index in [1.165, 1.54) is 13.0 Å². The van der Waals surface area contributed by atoms with Crippen molar-refractivity contribution in [1.82, 2.24) is 0 Å². The number of nitro groups is 1. The van der Waals surface area contributed by atoms with Crippen LogP contribution in [0.3, 0.4) is 0 Å². The van der Waals surface area contributed by atoms with E-state index in [1.807, 2.05) is 0 Å². The summed E-state index contributed by atoms with van der Waals surface area (Å²) in [4.78, 5) is 21.4. The fourth-order valence-corrected chi connectivity index (χ4v) is 1.25. The summed E-state index contributed by atoms with van der Waals surface area (Å²) in [6, 6.07) is 3.35. The molecule has 1 atom stereocenters. The monoisotopic (exact) mass is 260 g/mol. The lowest BCUT2D eigenvalue weighted by molar-refractivity contribution is -0.384. The van der Waals surface area contributed by atoms with Crippen molar-refractivity contribution in [3.63, 3.8) is 0 Å². The van der Waals surface area contributed by atoms with E-state index in [1.54, 1.807) is 0 Å². The summed E-state index contributed by atoms with van der Waals surface area (Å²) < 4.78 is 13.4. The van der Waals surface area contributed by atoms with Gasteiger partial charge in [-0.25, -0.2) is 4.39 Å². The molecule has 0 bridgehead atoms. The number of para-hydroxylation sites is 1. The van der Waals surface area contributed by atoms with Gasteiger partial charge in [-0.15, -0.1) is 11.6 Å². The lowest BCUT2D eigenvalue weighted by Gasteiger charge is -2.10. The predicted octanol–water partition coefficient (Wildman–Crippen LogP) is 2.55. The molecular formula is C10H10ClFN2O3. The van der Waals surface area contributed by atoms with E-state index < -0.39 is 33.9 Å². The molecule has 1 aromatic rings. The number of halogens is 2. The van der Waals surface area contributed by atoms with Crippen LogP contribution < -0.4 is 5.32 Å². The van der Waals surface area contributed by atoms with E-state index in [0.717, 1.165) is 12.1 Å². The first-order chi connectivity index (χ1) is 7.97. The molecule has 1 unspecified atom stereocenters. The van der Waals surface area contributed by atoms with Crippen LogP contribution in [-0.2, 0) is 4.79 Å². The summed E-state index contributed by atoms with van der Waals surface area (Å²) in [7, 11) is 0. The number of amides is 1. The third-order valence-corrected chi connectivity index (χ3v) is 2.58. The van der Waals surface area contributed by atoms with Gasteiger partial charge < -0.3 is 5.32 Å². The van der Waals surface area contributed by atoms with Crippen LogP contribution in [-0.4, -0.2) is 16.7 Å². The molecule has 1 aromatic carbocycles. The SMILES string of the molecule is CC(CCl)C(=O)Nc1c(F)cccc1[N+](=O)[O-]. The third kappa shape index (κ3) is 3.13. The van der Waals surface area contributed by atoms with Crippen LogP contribution in [0.15, 0.2) is 18.2 Å². The van der Waals surface area contributed by atoms with Crippen molar-refractivity contribution in [2.75, 3.05) is 11.2 Å². The van der Waals surface area contributed by atoms with Gasteiger partial charge in [-0.3, -0.25) is 14.9 Å². The summed E-state index contributed by atoms with van der Waals surface area (Å²) >= 11 is 5.47. The van der Waals surface area contributed by atoms with Gasteiger partial charge in [0.15, 0.2) is 11.5 Å². The second-order valence-corrected chi connectivity index (χ2v) is 3.74. The number of anilines is 1. The maximum atomic E-state index is 13.4. The zero-order valence-corrected chi connectivity index (χ0v) is 9.70. The molecular weight excluding hydrogens is 251 g/mol. The number of carbonyl (C=O) groups is 1. The van der Waals surface area contributed by atoms with Crippen LogP contribution in [0.4, 0.5) is 15.8 Å². The Bertz CT molecular complexity index is 453. The molecule has 7 heteroatoms. The zero-order chi connectivity index (χ0) is 13.0. The first kappa shape index (κ1) is 13.4. The molecule has 0 saturated heterocycles. The van der Waals surface area contributed by atoms with Gasteiger partial charge in [0.1, 0.15) is 0 Å². The first-order valence-corrected chi connectivity index (χ1v) is 5.30. The average molecular weight is 261 g/mol. The van der Waals surface area contributed by atoms with Crippen LogP contribution in [0.5, 0.6) is 0 Å². The van der Waals surface area contributed by atoms with Crippen molar-refractivity contribution < 1.29 is 14.1 Å². The number of carbonyl (C=O) groups excluding carboxylic acids is 1. The minimum absolute atomic E-state index is 0.0497. The van der Waals surface area contributed by atoms with Crippen LogP contribution in [0.25, 0.3) is 0 Å². The Labute approximate surface area is 102 Å². The molecule has 0 radical (unpaired) electrons. The van der Waals surface area contributed by atoms with Crippen LogP contribution in [0.1, 0.15) is 6.92 Å². The van der Waals surface area contributed by atoms with E-state index in [2.05, 4.69) is 5.32 Å². The molecule has 0 aliphatic heterocycles. The van der Waals surface area contributed by atoms with Gasteiger partial charge in [0.25, 0.3) is 5.69 Å². The number of alkyl halides is 1. The fraction of sp³-hybridized carbons (Fsp3) is 0.300. The van der Waals surface area contributed by atoms with Gasteiger partial charge in [0.05, 0.1) is 4.92 Å². The van der Waals surface area contributed by atoms with Gasteiger partial charge in [0.2, 0.25) is 5.91 Å². The van der Waals surface area contributed by atoms with Crippen LogP contribution in [0.2, 0.25) is 0 Å². The van der Waals surface area contributed by atoms with Crippen molar-refractivity contribution in [3.05, 3.63) is 34.1 Å². The smallest absolute Gasteiger partial charge is 0.295 e. The Balaban J connectivity index is 3.05. The number of nitrogens with one attached hydrogen (secondary N) is 1. The van der Waals surface area contributed by atoms with Gasteiger partial charge in [-0.1, -0.05) is 13.0 Å². The topological polar surface area (TPSA) is 72.2 Å². The third-order valence-electron chi connectivity index (χ3n) is 2.12. The van der Waals surface area contributed by atoms with E-state index in [0.29, 0.717) is 0 Å². The lowest BCUT2D eigenvalue weighted by atomic mass is 10.2. The molecule has 1 N–H and O–H groups in total. The molecule has 5 nitrogen and oxygen atoms in total. The van der Waals surface area contributed by atoms with Gasteiger partial charge in [0, 0.05) is 17.9 Å². The van der Waals surface area contributed by atoms with E-state index in [-0.39, 0.29) is 5.88 Å². The molecule has 1 rings (SSSR count). The maximum absolute atomic E-state index is 13.4. The quantitative estimate of drug-likeness (QED) is 0.514. The minimum atomic E-state index is -0.852. The lowest BCUT2D eigenvalue weighted by Crippen LogP contribution is -2.22. The Kier molecular flexibility index (Phi) is 4.39. The largest absolute Gasteiger partial charge is 0.318 e. The van der Waals surface area contributed by atoms with Gasteiger partial charge >= 0.3 is 0 Å². The molecule has 1 amide bonds. The highest BCUT2D eigenvalue weighted by molar-refractivity contribution is 6.19. The molecule has 0 aliphatic rings. The van der Waals surface area contributed by atoms with E-state index >= 15 is 0 Å². The van der Waals surface area contributed by atoms with Crippen molar-refractivity contribution in [2.45, 2.75) is 6.92 Å². The van der Waals surface area contributed by atoms with Crippen molar-refractivity contribution in [3.8, 4) is 0 Å². The minimum Gasteiger partial charge on any atom is -0.318 e. The Hall–Kier alpha value is -1.69. The maximum Gasteiger partial charge on any atom is 0.295 e. The normalized spacial score (nSPS) is 11.9. The molecule has 0 aromatic heterocycles. The van der Waals surface area contributed by atoms with E-state index in [4.69, 9.17) is 11.6 Å². The van der Waals surface area contributed by atoms with Crippen LogP contribution >= 0.6 is 11.6 Å². The van der Waals surface area contributed by atoms with Gasteiger partial charge in [-0.05, 0) is 6.07 Å². The Morgan fingerprint density at radius 3 is 2.82 bits per heavy atom. The van der Waals surface area contributed by atoms with Crippen LogP contribution in [0, 0.1) is 21.8 Å². The molecule has 0 saturated carbocycles. The summed E-state index contributed by atoms with van der Waals surface area (Å²) in [5.74, 6) is -1.92. The fourth-order valence-electron chi connectivity index (χ4n) is 1.11.